The number of ether oxygens (including phenoxy) is 1. The molecule has 0 spiro atoms. The molecule has 0 atom stereocenters. The topological polar surface area (TPSA) is 94.0 Å². The molecule has 1 aromatic heterocycles. The van der Waals surface area contributed by atoms with Crippen LogP contribution < -0.4 is 15.4 Å². The second kappa shape index (κ2) is 12.2. The average molecular weight is 533 g/mol. The summed E-state index contributed by atoms with van der Waals surface area (Å²) in [6.07, 6.45) is 0.949. The molecule has 8 nitrogen and oxygen atoms in total. The lowest BCUT2D eigenvalue weighted by molar-refractivity contribution is -0.124. The van der Waals surface area contributed by atoms with Crippen LogP contribution in [0.15, 0.2) is 58.2 Å². The van der Waals surface area contributed by atoms with Gasteiger partial charge in [-0.25, -0.2) is 0 Å². The number of amides is 1. The van der Waals surface area contributed by atoms with Crippen LogP contribution in [0.4, 0.5) is 0 Å². The van der Waals surface area contributed by atoms with Crippen molar-refractivity contribution in [3.05, 3.63) is 58.6 Å². The standard InChI is InChI=1S/C23H29BrN6O2S/c1-23(2,3)26-21(31)16-32-20-11-10-18(24)14-17(20)15-25-12-7-13-33-22-27-28-29-30(22)19-8-5-4-6-9-19/h4-6,8-11,14,25H,7,12-13,15-16H2,1-3H3,(H,26,31). The van der Waals surface area contributed by atoms with Gasteiger partial charge in [-0.1, -0.05) is 45.9 Å². The Morgan fingerprint density at radius 1 is 1.18 bits per heavy atom. The number of carbonyl (C=O) groups excluding carboxylic acids is 1. The summed E-state index contributed by atoms with van der Waals surface area (Å²) in [7, 11) is 0. The van der Waals surface area contributed by atoms with Gasteiger partial charge in [-0.2, -0.15) is 4.68 Å². The summed E-state index contributed by atoms with van der Waals surface area (Å²) in [5.41, 5.74) is 1.66. The zero-order chi connectivity index (χ0) is 23.7. The predicted molar refractivity (Wildman–Crippen MR) is 134 cm³/mol. The molecule has 2 aromatic carbocycles. The quantitative estimate of drug-likeness (QED) is 0.284. The van der Waals surface area contributed by atoms with Gasteiger partial charge in [-0.15, -0.1) is 5.10 Å². The Bertz CT molecular complexity index is 1040. The Kier molecular flexibility index (Phi) is 9.28. The van der Waals surface area contributed by atoms with Crippen molar-refractivity contribution in [3.8, 4) is 11.4 Å². The number of carbonyl (C=O) groups is 1. The molecule has 1 heterocycles. The molecule has 3 aromatic rings. The van der Waals surface area contributed by atoms with Crippen molar-refractivity contribution in [1.29, 1.82) is 0 Å². The van der Waals surface area contributed by atoms with Crippen LogP contribution >= 0.6 is 27.7 Å². The van der Waals surface area contributed by atoms with Crippen LogP contribution in [-0.4, -0.2) is 50.6 Å². The summed E-state index contributed by atoms with van der Waals surface area (Å²) in [6.45, 7) is 7.29. The Labute approximate surface area is 207 Å². The normalized spacial score (nSPS) is 11.4. The van der Waals surface area contributed by atoms with E-state index in [2.05, 4.69) is 42.1 Å². The maximum absolute atomic E-state index is 12.1. The van der Waals surface area contributed by atoms with Gasteiger partial charge in [-0.05, 0) is 74.5 Å². The summed E-state index contributed by atoms with van der Waals surface area (Å²) < 4.78 is 8.50. The molecule has 0 unspecified atom stereocenters. The fourth-order valence-corrected chi connectivity index (χ4v) is 4.25. The summed E-state index contributed by atoms with van der Waals surface area (Å²) in [6, 6.07) is 15.7. The van der Waals surface area contributed by atoms with Crippen LogP contribution in [0.5, 0.6) is 5.75 Å². The van der Waals surface area contributed by atoms with Gasteiger partial charge < -0.3 is 15.4 Å². The van der Waals surface area contributed by atoms with Gasteiger partial charge in [0.25, 0.3) is 5.91 Å². The monoisotopic (exact) mass is 532 g/mol. The third-order valence-corrected chi connectivity index (χ3v) is 5.88. The number of benzene rings is 2. The van der Waals surface area contributed by atoms with Gasteiger partial charge in [0.1, 0.15) is 5.75 Å². The van der Waals surface area contributed by atoms with Crippen molar-refractivity contribution < 1.29 is 9.53 Å². The van der Waals surface area contributed by atoms with Crippen molar-refractivity contribution in [2.75, 3.05) is 18.9 Å². The van der Waals surface area contributed by atoms with Crippen molar-refractivity contribution in [2.45, 2.75) is 44.4 Å². The maximum atomic E-state index is 12.1. The second-order valence-electron chi connectivity index (χ2n) is 8.43. The van der Waals surface area contributed by atoms with Gasteiger partial charge in [0, 0.05) is 27.9 Å². The Hall–Kier alpha value is -2.43. The highest BCUT2D eigenvalue weighted by molar-refractivity contribution is 9.10. The molecule has 0 fully saturated rings. The number of para-hydroxylation sites is 1. The van der Waals surface area contributed by atoms with E-state index in [1.54, 1.807) is 16.4 Å². The zero-order valence-electron chi connectivity index (χ0n) is 19.0. The van der Waals surface area contributed by atoms with Gasteiger partial charge in [0.05, 0.1) is 5.69 Å². The van der Waals surface area contributed by atoms with Crippen LogP contribution in [0.3, 0.4) is 0 Å². The number of nitrogens with zero attached hydrogens (tertiary/aromatic N) is 4. The number of rotatable bonds is 11. The first-order chi connectivity index (χ1) is 15.8. The molecule has 0 aliphatic carbocycles. The van der Waals surface area contributed by atoms with Gasteiger partial charge in [0.15, 0.2) is 6.61 Å². The molecule has 1 amide bonds. The lowest BCUT2D eigenvalue weighted by Gasteiger charge is -2.21. The van der Waals surface area contributed by atoms with E-state index in [0.29, 0.717) is 12.3 Å². The number of halogens is 1. The molecular weight excluding hydrogens is 504 g/mol. The highest BCUT2D eigenvalue weighted by atomic mass is 79.9. The van der Waals surface area contributed by atoms with Crippen LogP contribution in [0, 0.1) is 0 Å². The van der Waals surface area contributed by atoms with Crippen LogP contribution in [0.1, 0.15) is 32.8 Å². The molecule has 0 saturated carbocycles. The molecule has 176 valence electrons. The average Bonchev–Trinajstić information content (AvgIpc) is 3.23. The van der Waals surface area contributed by atoms with Gasteiger partial charge in [-0.3, -0.25) is 4.79 Å². The minimum Gasteiger partial charge on any atom is -0.483 e. The number of aromatic nitrogens is 4. The number of tetrazole rings is 1. The number of hydrogen-bond acceptors (Lipinski definition) is 7. The van der Waals surface area contributed by atoms with E-state index in [1.165, 1.54) is 0 Å². The molecule has 0 saturated heterocycles. The zero-order valence-corrected chi connectivity index (χ0v) is 21.4. The minimum absolute atomic E-state index is 0.0152. The molecule has 0 aliphatic heterocycles. The third kappa shape index (κ3) is 8.45. The molecule has 3 rings (SSSR count). The van der Waals surface area contributed by atoms with Gasteiger partial charge in [0.2, 0.25) is 5.16 Å². The minimum atomic E-state index is -0.285. The number of thioether (sulfide) groups is 1. The van der Waals surface area contributed by atoms with E-state index in [-0.39, 0.29) is 18.1 Å². The molecule has 0 bridgehead atoms. The fourth-order valence-electron chi connectivity index (χ4n) is 3.01. The number of nitrogens with one attached hydrogen (secondary N) is 2. The summed E-state index contributed by atoms with van der Waals surface area (Å²) in [4.78, 5) is 12.1. The van der Waals surface area contributed by atoms with Crippen molar-refractivity contribution >= 4 is 33.6 Å². The van der Waals surface area contributed by atoms with E-state index >= 15 is 0 Å². The largest absolute Gasteiger partial charge is 0.483 e. The first-order valence-corrected chi connectivity index (χ1v) is 12.5. The second-order valence-corrected chi connectivity index (χ2v) is 10.4. The summed E-state index contributed by atoms with van der Waals surface area (Å²) in [5, 5.41) is 19.1. The van der Waals surface area contributed by atoms with E-state index in [0.717, 1.165) is 39.6 Å². The first kappa shape index (κ1) is 25.2. The lowest BCUT2D eigenvalue weighted by Crippen LogP contribution is -2.43. The summed E-state index contributed by atoms with van der Waals surface area (Å²) >= 11 is 5.14. The van der Waals surface area contributed by atoms with Crippen molar-refractivity contribution in [3.63, 3.8) is 0 Å². The number of hydrogen-bond donors (Lipinski definition) is 2. The Morgan fingerprint density at radius 3 is 2.73 bits per heavy atom. The molecule has 0 aliphatic rings. The van der Waals surface area contributed by atoms with Crippen LogP contribution in [-0.2, 0) is 11.3 Å². The van der Waals surface area contributed by atoms with E-state index < -0.39 is 0 Å². The van der Waals surface area contributed by atoms with E-state index in [4.69, 9.17) is 4.74 Å². The van der Waals surface area contributed by atoms with Crippen molar-refractivity contribution in [2.24, 2.45) is 0 Å². The predicted octanol–water partition coefficient (Wildman–Crippen LogP) is 3.99. The highest BCUT2D eigenvalue weighted by Gasteiger charge is 2.15. The lowest BCUT2D eigenvalue weighted by atomic mass is 10.1. The fraction of sp³-hybridized carbons (Fsp3) is 0.391. The van der Waals surface area contributed by atoms with Gasteiger partial charge >= 0.3 is 0 Å². The molecule has 2 N–H and O–H groups in total. The molecule has 0 radical (unpaired) electrons. The summed E-state index contributed by atoms with van der Waals surface area (Å²) in [5.74, 6) is 1.44. The van der Waals surface area contributed by atoms with Crippen molar-refractivity contribution in [1.82, 2.24) is 30.8 Å². The molecule has 10 heteroatoms. The smallest absolute Gasteiger partial charge is 0.258 e. The Morgan fingerprint density at radius 2 is 1.97 bits per heavy atom. The van der Waals surface area contributed by atoms with E-state index in [9.17, 15) is 4.79 Å². The molecule has 33 heavy (non-hydrogen) atoms. The first-order valence-electron chi connectivity index (χ1n) is 10.7. The van der Waals surface area contributed by atoms with Crippen LogP contribution in [0.2, 0.25) is 0 Å². The maximum Gasteiger partial charge on any atom is 0.258 e. The molecular formula is C23H29BrN6O2S. The third-order valence-electron chi connectivity index (χ3n) is 4.38. The van der Waals surface area contributed by atoms with E-state index in [1.807, 2.05) is 69.3 Å². The SMILES string of the molecule is CC(C)(C)NC(=O)COc1ccc(Br)cc1CNCCCSc1nnnn1-c1ccccc1. The van der Waals surface area contributed by atoms with Crippen LogP contribution in [0.25, 0.3) is 5.69 Å². The highest BCUT2D eigenvalue weighted by Crippen LogP contribution is 2.23. The Balaban J connectivity index is 1.43.